The summed E-state index contributed by atoms with van der Waals surface area (Å²) < 4.78 is 40.2. The zero-order valence-electron chi connectivity index (χ0n) is 13.5. The third-order valence-corrected chi connectivity index (χ3v) is 4.13. The van der Waals surface area contributed by atoms with E-state index >= 15 is 0 Å². The lowest BCUT2D eigenvalue weighted by molar-refractivity contribution is 0.146. The van der Waals surface area contributed by atoms with E-state index in [4.69, 9.17) is 11.6 Å². The number of benzene rings is 1. The number of halogens is 4. The van der Waals surface area contributed by atoms with Crippen LogP contribution in [0.1, 0.15) is 36.2 Å². The fourth-order valence-corrected chi connectivity index (χ4v) is 2.90. The number of pyridine rings is 2. The van der Waals surface area contributed by atoms with Gasteiger partial charge >= 0.3 is 0 Å². The average molecular weight is 366 g/mol. The van der Waals surface area contributed by atoms with Crippen LogP contribution in [0.4, 0.5) is 18.9 Å². The summed E-state index contributed by atoms with van der Waals surface area (Å²) in [5, 5.41) is 4.20. The van der Waals surface area contributed by atoms with Crippen molar-refractivity contribution in [1.82, 2.24) is 9.97 Å². The number of fused-ring (bicyclic) bond motifs is 1. The van der Waals surface area contributed by atoms with Crippen LogP contribution in [-0.2, 0) is 0 Å². The number of aryl methyl sites for hydroxylation is 1. The van der Waals surface area contributed by atoms with Gasteiger partial charge in [-0.05, 0) is 26.0 Å². The Labute approximate surface area is 147 Å². The van der Waals surface area contributed by atoms with Crippen LogP contribution in [0.25, 0.3) is 10.9 Å². The molecule has 3 rings (SSSR count). The Morgan fingerprint density at radius 3 is 2.60 bits per heavy atom. The third kappa shape index (κ3) is 3.54. The molecule has 1 atom stereocenters. The summed E-state index contributed by atoms with van der Waals surface area (Å²) in [6.45, 7) is 3.53. The number of nitrogens with one attached hydrogen (secondary N) is 1. The second-order valence-electron chi connectivity index (χ2n) is 5.75. The largest absolute Gasteiger partial charge is 0.378 e. The zero-order valence-corrected chi connectivity index (χ0v) is 14.3. The maximum absolute atomic E-state index is 14.4. The Bertz CT molecular complexity index is 931. The minimum absolute atomic E-state index is 0.167. The summed E-state index contributed by atoms with van der Waals surface area (Å²) in [7, 11) is 0. The van der Waals surface area contributed by atoms with E-state index in [1.54, 1.807) is 25.3 Å². The molecular formula is C18H15ClF3N3. The Balaban J connectivity index is 2.02. The molecule has 0 amide bonds. The zero-order chi connectivity index (χ0) is 18.1. The molecule has 25 heavy (non-hydrogen) atoms. The van der Waals surface area contributed by atoms with Crippen molar-refractivity contribution in [3.05, 3.63) is 64.3 Å². The summed E-state index contributed by atoms with van der Waals surface area (Å²) in [4.78, 5) is 8.38. The van der Waals surface area contributed by atoms with Crippen molar-refractivity contribution in [2.45, 2.75) is 26.3 Å². The molecule has 3 nitrogen and oxygen atoms in total. The number of hydrogen-bond donors (Lipinski definition) is 1. The molecule has 0 saturated carbocycles. The molecule has 2 aromatic heterocycles. The highest BCUT2D eigenvalue weighted by Crippen LogP contribution is 2.31. The molecule has 0 fully saturated rings. The summed E-state index contributed by atoms with van der Waals surface area (Å²) in [5.41, 5.74) is 1.63. The van der Waals surface area contributed by atoms with Crippen LogP contribution in [0.15, 0.2) is 36.5 Å². The van der Waals surface area contributed by atoms with Gasteiger partial charge < -0.3 is 5.32 Å². The molecule has 0 spiro atoms. The third-order valence-electron chi connectivity index (χ3n) is 3.92. The smallest absolute Gasteiger partial charge is 0.266 e. The van der Waals surface area contributed by atoms with E-state index in [0.717, 1.165) is 17.1 Å². The maximum Gasteiger partial charge on any atom is 0.266 e. The molecule has 3 aromatic rings. The van der Waals surface area contributed by atoms with Gasteiger partial charge in [0.05, 0.1) is 23.3 Å². The number of nitrogens with zero attached hydrogens (tertiary/aromatic N) is 2. The van der Waals surface area contributed by atoms with Gasteiger partial charge in [-0.25, -0.2) is 18.2 Å². The van der Waals surface area contributed by atoms with Crippen LogP contribution >= 0.6 is 11.6 Å². The average Bonchev–Trinajstić information content (AvgIpc) is 2.55. The lowest BCUT2D eigenvalue weighted by atomic mass is 10.0. The molecular weight excluding hydrogens is 351 g/mol. The van der Waals surface area contributed by atoms with Crippen molar-refractivity contribution in [2.24, 2.45) is 0 Å². The van der Waals surface area contributed by atoms with Gasteiger partial charge in [0, 0.05) is 22.3 Å². The lowest BCUT2D eigenvalue weighted by Crippen LogP contribution is -2.11. The number of alkyl halides is 2. The first-order valence-corrected chi connectivity index (χ1v) is 8.00. The summed E-state index contributed by atoms with van der Waals surface area (Å²) in [6.07, 6.45) is -1.31. The van der Waals surface area contributed by atoms with E-state index in [0.29, 0.717) is 16.4 Å². The van der Waals surface area contributed by atoms with E-state index in [1.807, 2.05) is 6.92 Å². The van der Waals surface area contributed by atoms with Gasteiger partial charge in [-0.3, -0.25) is 4.98 Å². The molecule has 0 bridgehead atoms. The summed E-state index contributed by atoms with van der Waals surface area (Å²) >= 11 is 5.95. The predicted octanol–water partition coefficient (Wildman–Crippen LogP) is 5.84. The first-order valence-electron chi connectivity index (χ1n) is 7.62. The summed E-state index contributed by atoms with van der Waals surface area (Å²) in [5.74, 6) is -0.896. The van der Waals surface area contributed by atoms with Crippen LogP contribution in [0.2, 0.25) is 5.15 Å². The van der Waals surface area contributed by atoms with Crippen LogP contribution in [0.3, 0.4) is 0 Å². The van der Waals surface area contributed by atoms with E-state index in [1.165, 1.54) is 12.1 Å². The Hall–Kier alpha value is -2.34. The highest BCUT2D eigenvalue weighted by Gasteiger charge is 2.20. The first kappa shape index (κ1) is 17.5. The van der Waals surface area contributed by atoms with E-state index in [9.17, 15) is 13.2 Å². The van der Waals surface area contributed by atoms with Gasteiger partial charge in [0.1, 0.15) is 11.0 Å². The normalized spacial score (nSPS) is 12.6. The van der Waals surface area contributed by atoms with Crippen molar-refractivity contribution in [3.63, 3.8) is 0 Å². The Morgan fingerprint density at radius 1 is 1.16 bits per heavy atom. The van der Waals surface area contributed by atoms with Gasteiger partial charge in [-0.1, -0.05) is 29.8 Å². The second kappa shape index (κ2) is 6.88. The van der Waals surface area contributed by atoms with E-state index < -0.39 is 23.8 Å². The van der Waals surface area contributed by atoms with Crippen molar-refractivity contribution < 1.29 is 13.2 Å². The second-order valence-corrected chi connectivity index (χ2v) is 6.14. The molecule has 130 valence electrons. The quantitative estimate of drug-likeness (QED) is 0.590. The van der Waals surface area contributed by atoms with Gasteiger partial charge in [0.15, 0.2) is 0 Å². The molecule has 1 aromatic carbocycles. The van der Waals surface area contributed by atoms with Gasteiger partial charge in [-0.2, -0.15) is 0 Å². The molecule has 0 aliphatic heterocycles. The topological polar surface area (TPSA) is 37.8 Å². The van der Waals surface area contributed by atoms with Crippen LogP contribution < -0.4 is 5.32 Å². The molecule has 1 N–H and O–H groups in total. The molecule has 0 saturated heterocycles. The van der Waals surface area contributed by atoms with Crippen molar-refractivity contribution in [1.29, 1.82) is 0 Å². The number of rotatable bonds is 4. The fraction of sp³-hybridized carbons (Fsp3) is 0.222. The van der Waals surface area contributed by atoms with E-state index in [2.05, 4.69) is 15.3 Å². The number of hydrogen-bond acceptors (Lipinski definition) is 3. The Morgan fingerprint density at radius 2 is 1.88 bits per heavy atom. The van der Waals surface area contributed by atoms with Crippen LogP contribution in [-0.4, -0.2) is 9.97 Å². The molecule has 0 unspecified atom stereocenters. The standard InChI is InChI=1S/C18H15ClF3N3/c1-9-6-14(13-7-16(19)23-8-15(13)24-9)25-10(2)11-4-3-5-12(17(11)20)18(21)22/h3-8,10,18H,1-2H3,(H,24,25)/t10-/m1/s1. The maximum atomic E-state index is 14.4. The minimum atomic E-state index is -2.86. The molecule has 2 heterocycles. The number of anilines is 1. The lowest BCUT2D eigenvalue weighted by Gasteiger charge is -2.19. The molecule has 0 aliphatic rings. The highest BCUT2D eigenvalue weighted by atomic mass is 35.5. The summed E-state index contributed by atoms with van der Waals surface area (Å²) in [6, 6.07) is 6.93. The van der Waals surface area contributed by atoms with Crippen molar-refractivity contribution >= 4 is 28.2 Å². The fourth-order valence-electron chi connectivity index (χ4n) is 2.74. The van der Waals surface area contributed by atoms with Crippen LogP contribution in [0.5, 0.6) is 0 Å². The monoisotopic (exact) mass is 365 g/mol. The molecule has 7 heteroatoms. The van der Waals surface area contributed by atoms with Gasteiger partial charge in [0.2, 0.25) is 0 Å². The predicted molar refractivity (Wildman–Crippen MR) is 92.7 cm³/mol. The van der Waals surface area contributed by atoms with Crippen molar-refractivity contribution in [3.8, 4) is 0 Å². The minimum Gasteiger partial charge on any atom is -0.378 e. The van der Waals surface area contributed by atoms with Gasteiger partial charge in [-0.15, -0.1) is 0 Å². The highest BCUT2D eigenvalue weighted by molar-refractivity contribution is 6.30. The van der Waals surface area contributed by atoms with Gasteiger partial charge in [0.25, 0.3) is 6.43 Å². The first-order chi connectivity index (χ1) is 11.9. The number of aromatic nitrogens is 2. The Kier molecular flexibility index (Phi) is 4.81. The molecule has 0 radical (unpaired) electrons. The molecule has 0 aliphatic carbocycles. The van der Waals surface area contributed by atoms with Crippen molar-refractivity contribution in [2.75, 3.05) is 5.32 Å². The van der Waals surface area contributed by atoms with E-state index in [-0.39, 0.29) is 5.56 Å². The van der Waals surface area contributed by atoms with Crippen LogP contribution in [0, 0.1) is 12.7 Å². The SMILES string of the molecule is Cc1cc(N[C@H](C)c2cccc(C(F)F)c2F)c2cc(Cl)ncc2n1.